The maximum absolute atomic E-state index is 12.8. The van der Waals surface area contributed by atoms with Crippen LogP contribution in [-0.4, -0.2) is 20.1 Å². The third-order valence-electron chi connectivity index (χ3n) is 5.14. The lowest BCUT2D eigenvalue weighted by atomic mass is 9.86. The van der Waals surface area contributed by atoms with E-state index in [4.69, 9.17) is 4.74 Å². The number of methoxy groups -OCH3 is 1. The number of aryl methyl sites for hydroxylation is 1. The summed E-state index contributed by atoms with van der Waals surface area (Å²) in [6.07, 6.45) is 2.18. The van der Waals surface area contributed by atoms with Gasteiger partial charge in [-0.25, -0.2) is 0 Å². The second-order valence-corrected chi connectivity index (χ2v) is 7.91. The predicted octanol–water partition coefficient (Wildman–Crippen LogP) is 4.45. The largest absolute Gasteiger partial charge is 0.496 e. The molecule has 2 aromatic rings. The highest BCUT2D eigenvalue weighted by Crippen LogP contribution is 2.33. The summed E-state index contributed by atoms with van der Waals surface area (Å²) < 4.78 is 5.48. The Morgan fingerprint density at radius 2 is 1.92 bits per heavy atom. The van der Waals surface area contributed by atoms with Crippen molar-refractivity contribution in [1.29, 1.82) is 0 Å². The highest BCUT2D eigenvalue weighted by Gasteiger charge is 2.22. The average molecular weight is 352 g/mol. The number of fused-ring (bicyclic) bond motifs is 1. The summed E-state index contributed by atoms with van der Waals surface area (Å²) in [4.78, 5) is 12.8. The number of hydrogen-bond acceptors (Lipinski definition) is 3. The Bertz CT molecular complexity index is 821. The van der Waals surface area contributed by atoms with Crippen LogP contribution in [0.15, 0.2) is 36.4 Å². The molecule has 0 saturated carbocycles. The molecule has 0 saturated heterocycles. The summed E-state index contributed by atoms with van der Waals surface area (Å²) in [5.74, 6) is 0.449. The van der Waals surface area contributed by atoms with Gasteiger partial charge in [0.2, 0.25) is 0 Å². The maximum Gasteiger partial charge on any atom is 0.259 e. The van der Waals surface area contributed by atoms with Crippen LogP contribution in [0.3, 0.4) is 0 Å². The third kappa shape index (κ3) is 3.61. The zero-order chi connectivity index (χ0) is 18.9. The number of rotatable bonds is 4. The van der Waals surface area contributed by atoms with Gasteiger partial charge in [0.1, 0.15) is 5.75 Å². The number of nitrogens with one attached hydrogen (secondary N) is 2. The summed E-state index contributed by atoms with van der Waals surface area (Å²) in [6.45, 7) is 6.43. The smallest absolute Gasteiger partial charge is 0.259 e. The van der Waals surface area contributed by atoms with E-state index in [-0.39, 0.29) is 11.3 Å². The summed E-state index contributed by atoms with van der Waals surface area (Å²) in [7, 11) is 3.58. The Morgan fingerprint density at radius 1 is 1.15 bits per heavy atom. The van der Waals surface area contributed by atoms with Crippen LogP contribution in [0.5, 0.6) is 5.75 Å². The van der Waals surface area contributed by atoms with Gasteiger partial charge in [-0.15, -0.1) is 0 Å². The molecule has 2 aromatic carbocycles. The molecule has 4 nitrogen and oxygen atoms in total. The van der Waals surface area contributed by atoms with E-state index in [1.165, 1.54) is 11.1 Å². The Morgan fingerprint density at radius 3 is 2.58 bits per heavy atom. The number of benzene rings is 2. The lowest BCUT2D eigenvalue weighted by molar-refractivity contribution is 0.102. The zero-order valence-corrected chi connectivity index (χ0v) is 16.3. The lowest BCUT2D eigenvalue weighted by Crippen LogP contribution is -2.16. The summed E-state index contributed by atoms with van der Waals surface area (Å²) in [5, 5.41) is 6.36. The number of amides is 1. The summed E-state index contributed by atoms with van der Waals surface area (Å²) in [5.41, 5.74) is 5.14. The fourth-order valence-electron chi connectivity index (χ4n) is 3.52. The van der Waals surface area contributed by atoms with Crippen molar-refractivity contribution in [3.05, 3.63) is 58.7 Å². The molecule has 0 aliphatic heterocycles. The van der Waals surface area contributed by atoms with Gasteiger partial charge in [0.15, 0.2) is 0 Å². The molecule has 1 unspecified atom stereocenters. The lowest BCUT2D eigenvalue weighted by Gasteiger charge is -2.21. The van der Waals surface area contributed by atoms with E-state index < -0.39 is 0 Å². The highest BCUT2D eigenvalue weighted by molar-refractivity contribution is 6.06. The number of hydrogen-bond donors (Lipinski definition) is 2. The van der Waals surface area contributed by atoms with Crippen molar-refractivity contribution in [2.45, 2.75) is 45.1 Å². The van der Waals surface area contributed by atoms with Crippen LogP contribution in [0.4, 0.5) is 5.69 Å². The van der Waals surface area contributed by atoms with Crippen molar-refractivity contribution in [2.75, 3.05) is 19.5 Å². The van der Waals surface area contributed by atoms with Crippen LogP contribution >= 0.6 is 0 Å². The van der Waals surface area contributed by atoms with Gasteiger partial charge in [0.05, 0.1) is 12.7 Å². The number of anilines is 1. The first-order valence-electron chi connectivity index (χ1n) is 9.13. The molecule has 0 bridgehead atoms. The van der Waals surface area contributed by atoms with E-state index in [9.17, 15) is 4.79 Å². The minimum atomic E-state index is -0.152. The number of carbonyl (C=O) groups excluding carboxylic acids is 1. The van der Waals surface area contributed by atoms with Crippen molar-refractivity contribution >= 4 is 11.6 Å². The monoisotopic (exact) mass is 352 g/mol. The van der Waals surface area contributed by atoms with E-state index in [2.05, 4.69) is 43.5 Å². The van der Waals surface area contributed by atoms with Gasteiger partial charge in [-0.3, -0.25) is 4.79 Å². The van der Waals surface area contributed by atoms with Crippen LogP contribution in [0.1, 0.15) is 60.3 Å². The van der Waals surface area contributed by atoms with Crippen molar-refractivity contribution < 1.29 is 9.53 Å². The van der Waals surface area contributed by atoms with Gasteiger partial charge in [0.25, 0.3) is 5.91 Å². The van der Waals surface area contributed by atoms with Crippen molar-refractivity contribution in [2.24, 2.45) is 0 Å². The molecule has 138 valence electrons. The second kappa shape index (κ2) is 7.12. The molecular weight excluding hydrogens is 324 g/mol. The molecule has 0 aromatic heterocycles. The molecule has 1 amide bonds. The van der Waals surface area contributed by atoms with Gasteiger partial charge in [-0.05, 0) is 66.3 Å². The quantitative estimate of drug-likeness (QED) is 0.854. The van der Waals surface area contributed by atoms with Crippen LogP contribution in [0.25, 0.3) is 0 Å². The van der Waals surface area contributed by atoms with Crippen LogP contribution in [0, 0.1) is 0 Å². The first-order chi connectivity index (χ1) is 12.3. The van der Waals surface area contributed by atoms with Gasteiger partial charge in [-0.1, -0.05) is 32.9 Å². The van der Waals surface area contributed by atoms with E-state index in [1.54, 1.807) is 7.11 Å². The molecular formula is C22H28N2O2. The highest BCUT2D eigenvalue weighted by atomic mass is 16.5. The Kier molecular flexibility index (Phi) is 5.05. The molecule has 0 fully saturated rings. The molecule has 3 rings (SSSR count). The van der Waals surface area contributed by atoms with Gasteiger partial charge < -0.3 is 15.4 Å². The Hall–Kier alpha value is -2.33. The zero-order valence-electron chi connectivity index (χ0n) is 16.3. The molecule has 1 atom stereocenters. The minimum Gasteiger partial charge on any atom is -0.496 e. The Labute approximate surface area is 156 Å². The van der Waals surface area contributed by atoms with Crippen LogP contribution in [-0.2, 0) is 11.8 Å². The predicted molar refractivity (Wildman–Crippen MR) is 106 cm³/mol. The van der Waals surface area contributed by atoms with E-state index in [0.717, 1.165) is 24.1 Å². The fraction of sp³-hybridized carbons (Fsp3) is 0.409. The van der Waals surface area contributed by atoms with Gasteiger partial charge >= 0.3 is 0 Å². The number of ether oxygens (including phenoxy) is 1. The van der Waals surface area contributed by atoms with Gasteiger partial charge in [0, 0.05) is 11.7 Å². The summed E-state index contributed by atoms with van der Waals surface area (Å²) in [6, 6.07) is 12.3. The van der Waals surface area contributed by atoms with E-state index >= 15 is 0 Å². The molecule has 1 aliphatic rings. The first-order valence-corrected chi connectivity index (χ1v) is 9.13. The molecule has 0 radical (unpaired) electrons. The summed E-state index contributed by atoms with van der Waals surface area (Å²) >= 11 is 0. The van der Waals surface area contributed by atoms with Crippen molar-refractivity contribution in [1.82, 2.24) is 5.32 Å². The normalized spacial score (nSPS) is 16.3. The molecule has 1 aliphatic carbocycles. The minimum absolute atomic E-state index is 0.00440. The number of carbonyl (C=O) groups is 1. The molecule has 0 spiro atoms. The van der Waals surface area contributed by atoms with E-state index in [0.29, 0.717) is 17.4 Å². The molecule has 2 N–H and O–H groups in total. The van der Waals surface area contributed by atoms with Crippen LogP contribution in [0.2, 0.25) is 0 Å². The Balaban J connectivity index is 1.85. The van der Waals surface area contributed by atoms with Crippen LogP contribution < -0.4 is 15.4 Å². The fourth-order valence-corrected chi connectivity index (χ4v) is 3.52. The second-order valence-electron chi connectivity index (χ2n) is 7.91. The van der Waals surface area contributed by atoms with Gasteiger partial charge in [-0.2, -0.15) is 0 Å². The standard InChI is InChI=1S/C22H28N2O2/c1-22(2,3)15-8-10-17(20(12-15)26-5)21(25)24-16-9-6-14-7-11-19(23-4)18(14)13-16/h6,8-10,12-13,19,23H,7,11H2,1-5H3,(H,24,25). The van der Waals surface area contributed by atoms with E-state index in [1.807, 2.05) is 31.3 Å². The topological polar surface area (TPSA) is 50.4 Å². The van der Waals surface area contributed by atoms with Crippen molar-refractivity contribution in [3.63, 3.8) is 0 Å². The maximum atomic E-state index is 12.8. The first kappa shape index (κ1) is 18.5. The van der Waals surface area contributed by atoms with Crippen molar-refractivity contribution in [3.8, 4) is 5.75 Å². The third-order valence-corrected chi connectivity index (χ3v) is 5.14. The average Bonchev–Trinajstić information content (AvgIpc) is 3.02. The molecule has 4 heteroatoms. The molecule has 26 heavy (non-hydrogen) atoms. The molecule has 0 heterocycles. The SMILES string of the molecule is CNC1CCc2ccc(NC(=O)c3ccc(C(C)(C)C)cc3OC)cc21.